The van der Waals surface area contributed by atoms with E-state index in [0.29, 0.717) is 22.1 Å². The van der Waals surface area contributed by atoms with Gasteiger partial charge in [0.25, 0.3) is 5.91 Å². The number of benzene rings is 2. The van der Waals surface area contributed by atoms with Crippen LogP contribution in [0.25, 0.3) is 0 Å². The van der Waals surface area contributed by atoms with Gasteiger partial charge in [-0.05, 0) is 48.9 Å². The number of aryl methyl sites for hydroxylation is 1. The molecular weight excluding hydrogens is 354 g/mol. The van der Waals surface area contributed by atoms with Gasteiger partial charge in [0.1, 0.15) is 11.5 Å². The highest BCUT2D eigenvalue weighted by molar-refractivity contribution is 6.44. The molecule has 1 N–H and O–H groups in total. The summed E-state index contributed by atoms with van der Waals surface area (Å²) >= 11 is 5.88. The molecule has 0 saturated carbocycles. The fraction of sp³-hybridized carbons (Fsp3) is 0.211. The van der Waals surface area contributed by atoms with E-state index in [9.17, 15) is 9.59 Å². The van der Waals surface area contributed by atoms with Gasteiger partial charge in [0.15, 0.2) is 0 Å². The summed E-state index contributed by atoms with van der Waals surface area (Å²) in [5.74, 6) is 0.0309. The van der Waals surface area contributed by atoms with Gasteiger partial charge >= 0.3 is 0 Å². The molecule has 6 nitrogen and oxygen atoms in total. The van der Waals surface area contributed by atoms with Crippen molar-refractivity contribution in [3.05, 3.63) is 53.1 Å². The number of ether oxygens (including phenoxy) is 1. The van der Waals surface area contributed by atoms with E-state index < -0.39 is 0 Å². The first kappa shape index (κ1) is 17.9. The summed E-state index contributed by atoms with van der Waals surface area (Å²) in [5.41, 5.74) is 2.40. The third-order valence-electron chi connectivity index (χ3n) is 3.97. The van der Waals surface area contributed by atoms with E-state index in [4.69, 9.17) is 16.3 Å². The molecule has 0 bridgehead atoms. The summed E-state index contributed by atoms with van der Waals surface area (Å²) < 4.78 is 5.28. The quantitative estimate of drug-likeness (QED) is 0.889. The van der Waals surface area contributed by atoms with Crippen LogP contribution in [-0.4, -0.2) is 24.6 Å². The van der Waals surface area contributed by atoms with Gasteiger partial charge in [-0.1, -0.05) is 17.7 Å². The van der Waals surface area contributed by atoms with E-state index in [1.807, 2.05) is 19.1 Å². The third-order valence-corrected chi connectivity index (χ3v) is 4.22. The van der Waals surface area contributed by atoms with Crippen LogP contribution < -0.4 is 15.1 Å². The lowest BCUT2D eigenvalue weighted by molar-refractivity contribution is -0.118. The van der Waals surface area contributed by atoms with Crippen molar-refractivity contribution < 1.29 is 14.3 Å². The zero-order chi connectivity index (χ0) is 18.7. The number of amides is 2. The van der Waals surface area contributed by atoms with Gasteiger partial charge in [-0.3, -0.25) is 9.59 Å². The minimum absolute atomic E-state index is 0.169. The molecule has 0 saturated heterocycles. The molecule has 1 heterocycles. The van der Waals surface area contributed by atoms with Crippen LogP contribution in [0.4, 0.5) is 11.4 Å². The number of carbonyl (C=O) groups excluding carboxylic acids is 2. The molecule has 26 heavy (non-hydrogen) atoms. The largest absolute Gasteiger partial charge is 0.495 e. The summed E-state index contributed by atoms with van der Waals surface area (Å²) in [6.07, 6.45) is 0.489. The number of rotatable bonds is 4. The first-order valence-corrected chi connectivity index (χ1v) is 8.47. The second kappa shape index (κ2) is 7.58. The van der Waals surface area contributed by atoms with Crippen LogP contribution in [0.5, 0.6) is 5.75 Å². The number of nitrogens with zero attached hydrogens (tertiary/aromatic N) is 2. The summed E-state index contributed by atoms with van der Waals surface area (Å²) in [7, 11) is 1.54. The Kier molecular flexibility index (Phi) is 5.23. The molecule has 7 heteroatoms. The zero-order valence-electron chi connectivity index (χ0n) is 14.5. The summed E-state index contributed by atoms with van der Waals surface area (Å²) in [4.78, 5) is 24.8. The van der Waals surface area contributed by atoms with E-state index in [0.717, 1.165) is 5.56 Å². The van der Waals surface area contributed by atoms with Crippen molar-refractivity contribution >= 4 is 40.5 Å². The highest BCUT2D eigenvalue weighted by atomic mass is 35.5. The molecule has 3 rings (SSSR count). The van der Waals surface area contributed by atoms with Crippen LogP contribution in [0.2, 0.25) is 5.02 Å². The second-order valence-corrected chi connectivity index (χ2v) is 6.32. The minimum Gasteiger partial charge on any atom is -0.495 e. The predicted molar refractivity (Wildman–Crippen MR) is 102 cm³/mol. The SMILES string of the molecule is COc1ccc(C)cc1NC(=O)C1=NN(c2ccc(Cl)cc2)C(=O)CC1. The van der Waals surface area contributed by atoms with Crippen molar-refractivity contribution in [3.8, 4) is 5.75 Å². The van der Waals surface area contributed by atoms with Crippen LogP contribution in [0.15, 0.2) is 47.6 Å². The van der Waals surface area contributed by atoms with Crippen molar-refractivity contribution in [2.24, 2.45) is 5.10 Å². The second-order valence-electron chi connectivity index (χ2n) is 5.89. The number of anilines is 2. The van der Waals surface area contributed by atoms with Crippen LogP contribution >= 0.6 is 11.6 Å². The van der Waals surface area contributed by atoms with Crippen molar-refractivity contribution in [3.63, 3.8) is 0 Å². The maximum Gasteiger partial charge on any atom is 0.271 e. The fourth-order valence-corrected chi connectivity index (χ4v) is 2.74. The summed E-state index contributed by atoms with van der Waals surface area (Å²) in [6, 6.07) is 12.2. The number of halogens is 1. The Bertz CT molecular complexity index is 878. The molecule has 0 fully saturated rings. The topological polar surface area (TPSA) is 71.0 Å². The van der Waals surface area contributed by atoms with Crippen LogP contribution in [0, 0.1) is 6.92 Å². The van der Waals surface area contributed by atoms with E-state index in [1.54, 1.807) is 37.4 Å². The van der Waals surface area contributed by atoms with Crippen molar-refractivity contribution in [1.29, 1.82) is 0 Å². The first-order chi connectivity index (χ1) is 12.5. The van der Waals surface area contributed by atoms with Gasteiger partial charge in [-0.2, -0.15) is 5.10 Å². The molecule has 0 spiro atoms. The minimum atomic E-state index is -0.361. The normalized spacial score (nSPS) is 14.0. The van der Waals surface area contributed by atoms with Gasteiger partial charge in [0, 0.05) is 17.9 Å². The Labute approximate surface area is 156 Å². The van der Waals surface area contributed by atoms with Gasteiger partial charge in [-0.15, -0.1) is 0 Å². The van der Waals surface area contributed by atoms with Crippen molar-refractivity contribution in [1.82, 2.24) is 0 Å². The van der Waals surface area contributed by atoms with Crippen LogP contribution in [-0.2, 0) is 9.59 Å². The van der Waals surface area contributed by atoms with Gasteiger partial charge in [-0.25, -0.2) is 5.01 Å². The molecule has 2 aromatic carbocycles. The average molecular weight is 372 g/mol. The molecule has 1 aliphatic rings. The Hall–Kier alpha value is -2.86. The zero-order valence-corrected chi connectivity index (χ0v) is 15.2. The third kappa shape index (κ3) is 3.86. The standard InChI is InChI=1S/C19H18ClN3O3/c1-12-3-9-17(26-2)16(11-12)21-19(25)15-8-10-18(24)23(22-15)14-6-4-13(20)5-7-14/h3-7,9,11H,8,10H2,1-2H3,(H,21,25). The predicted octanol–water partition coefficient (Wildman–Crippen LogP) is 3.78. The Balaban J connectivity index is 1.85. The lowest BCUT2D eigenvalue weighted by atomic mass is 10.1. The summed E-state index contributed by atoms with van der Waals surface area (Å²) in [6.45, 7) is 1.92. The van der Waals surface area contributed by atoms with E-state index in [-0.39, 0.29) is 30.4 Å². The fourth-order valence-electron chi connectivity index (χ4n) is 2.61. The average Bonchev–Trinajstić information content (AvgIpc) is 2.63. The molecule has 0 radical (unpaired) electrons. The molecule has 0 atom stereocenters. The number of hydrogen-bond donors (Lipinski definition) is 1. The summed E-state index contributed by atoms with van der Waals surface area (Å²) in [5, 5.41) is 8.86. The van der Waals surface area contributed by atoms with Crippen molar-refractivity contribution in [2.75, 3.05) is 17.4 Å². The molecular formula is C19H18ClN3O3. The number of methoxy groups -OCH3 is 1. The molecule has 0 unspecified atom stereocenters. The van der Waals surface area contributed by atoms with E-state index in [2.05, 4.69) is 10.4 Å². The maximum absolute atomic E-state index is 12.6. The molecule has 2 aromatic rings. The number of carbonyl (C=O) groups is 2. The van der Waals surface area contributed by atoms with Crippen LogP contribution in [0.1, 0.15) is 18.4 Å². The number of nitrogens with one attached hydrogen (secondary N) is 1. The molecule has 134 valence electrons. The highest BCUT2D eigenvalue weighted by Crippen LogP contribution is 2.26. The van der Waals surface area contributed by atoms with Crippen LogP contribution in [0.3, 0.4) is 0 Å². The number of hydrazone groups is 1. The maximum atomic E-state index is 12.6. The molecule has 0 aliphatic carbocycles. The highest BCUT2D eigenvalue weighted by Gasteiger charge is 2.26. The Morgan fingerprint density at radius 1 is 1.19 bits per heavy atom. The molecule has 1 aliphatic heterocycles. The smallest absolute Gasteiger partial charge is 0.271 e. The van der Waals surface area contributed by atoms with Gasteiger partial charge in [0.05, 0.1) is 18.5 Å². The lowest BCUT2D eigenvalue weighted by Crippen LogP contribution is -2.36. The van der Waals surface area contributed by atoms with Crippen molar-refractivity contribution in [2.45, 2.75) is 19.8 Å². The molecule has 0 aromatic heterocycles. The van der Waals surface area contributed by atoms with E-state index in [1.165, 1.54) is 5.01 Å². The number of hydrogen-bond acceptors (Lipinski definition) is 4. The Morgan fingerprint density at radius 2 is 1.92 bits per heavy atom. The molecule has 2 amide bonds. The van der Waals surface area contributed by atoms with Gasteiger partial charge in [0.2, 0.25) is 5.91 Å². The monoisotopic (exact) mass is 371 g/mol. The Morgan fingerprint density at radius 3 is 2.62 bits per heavy atom. The first-order valence-electron chi connectivity index (χ1n) is 8.10. The van der Waals surface area contributed by atoms with E-state index >= 15 is 0 Å². The van der Waals surface area contributed by atoms with Gasteiger partial charge < -0.3 is 10.1 Å². The lowest BCUT2D eigenvalue weighted by Gasteiger charge is -2.23.